The van der Waals surface area contributed by atoms with E-state index in [-0.39, 0.29) is 11.4 Å². The molecule has 21 heavy (non-hydrogen) atoms. The van der Waals surface area contributed by atoms with Gasteiger partial charge in [-0.2, -0.15) is 5.10 Å². The second-order valence-electron chi connectivity index (χ2n) is 4.92. The predicted molar refractivity (Wildman–Crippen MR) is 82.2 cm³/mol. The molecule has 0 amide bonds. The Hall–Kier alpha value is -1.86. The first-order valence-corrected chi connectivity index (χ1v) is 8.19. The lowest BCUT2D eigenvalue weighted by Gasteiger charge is -2.09. The molecule has 1 aromatic heterocycles. The zero-order valence-electron chi connectivity index (χ0n) is 12.4. The van der Waals surface area contributed by atoms with Gasteiger partial charge in [-0.15, -0.1) is 0 Å². The number of nitrogens with zero attached hydrogens (tertiary/aromatic N) is 2. The number of nitrogens with one attached hydrogen (secondary N) is 1. The molecule has 6 nitrogen and oxygen atoms in total. The second kappa shape index (κ2) is 5.87. The van der Waals surface area contributed by atoms with Crippen molar-refractivity contribution in [3.63, 3.8) is 0 Å². The van der Waals surface area contributed by atoms with Gasteiger partial charge in [-0.3, -0.25) is 4.68 Å². The maximum Gasteiger partial charge on any atom is 0.240 e. The molecule has 0 bridgehead atoms. The monoisotopic (exact) mass is 308 g/mol. The summed E-state index contributed by atoms with van der Waals surface area (Å²) >= 11 is 0. The van der Waals surface area contributed by atoms with Crippen molar-refractivity contribution in [1.29, 1.82) is 0 Å². The van der Waals surface area contributed by atoms with Crippen LogP contribution >= 0.6 is 0 Å². The summed E-state index contributed by atoms with van der Waals surface area (Å²) in [6.45, 7) is 4.07. The summed E-state index contributed by atoms with van der Waals surface area (Å²) in [7, 11) is -1.76. The molecule has 0 spiro atoms. The summed E-state index contributed by atoms with van der Waals surface area (Å²) < 4.78 is 28.8. The van der Waals surface area contributed by atoms with E-state index in [1.54, 1.807) is 23.0 Å². The van der Waals surface area contributed by atoms with Gasteiger partial charge < -0.3 is 5.73 Å². The smallest absolute Gasteiger partial charge is 0.240 e. The fourth-order valence-corrected chi connectivity index (χ4v) is 3.08. The fraction of sp³-hybridized carbons (Fsp3) is 0.357. The van der Waals surface area contributed by atoms with Crippen molar-refractivity contribution in [2.24, 2.45) is 7.05 Å². The highest BCUT2D eigenvalue weighted by atomic mass is 32.2. The first-order chi connectivity index (χ1) is 9.85. The fourth-order valence-electron chi connectivity index (χ4n) is 2.04. The Kier molecular flexibility index (Phi) is 4.34. The quantitative estimate of drug-likeness (QED) is 0.816. The highest BCUT2D eigenvalue weighted by Crippen LogP contribution is 2.19. The molecular weight excluding hydrogens is 288 g/mol. The van der Waals surface area contributed by atoms with Gasteiger partial charge in [0.2, 0.25) is 10.0 Å². The zero-order valence-corrected chi connectivity index (χ0v) is 13.2. The highest BCUT2D eigenvalue weighted by molar-refractivity contribution is 7.89. The van der Waals surface area contributed by atoms with E-state index in [4.69, 9.17) is 5.73 Å². The average Bonchev–Trinajstić information content (AvgIpc) is 2.76. The lowest BCUT2D eigenvalue weighted by atomic mass is 10.1. The molecule has 0 aliphatic rings. The van der Waals surface area contributed by atoms with Gasteiger partial charge in [0.05, 0.1) is 11.1 Å². The van der Waals surface area contributed by atoms with E-state index in [9.17, 15) is 8.42 Å². The summed E-state index contributed by atoms with van der Waals surface area (Å²) in [6, 6.07) is 4.82. The number of aryl methyl sites for hydroxylation is 2. The molecule has 0 atom stereocenters. The molecule has 0 aliphatic carbocycles. The molecule has 0 aliphatic heterocycles. The molecule has 3 N–H and O–H groups in total. The van der Waals surface area contributed by atoms with Gasteiger partial charge in [-0.25, -0.2) is 13.1 Å². The van der Waals surface area contributed by atoms with Gasteiger partial charge in [0.25, 0.3) is 0 Å². The van der Waals surface area contributed by atoms with Crippen molar-refractivity contribution in [2.75, 3.05) is 5.73 Å². The third kappa shape index (κ3) is 3.25. The summed E-state index contributed by atoms with van der Waals surface area (Å²) in [5, 5.41) is 4.09. The first kappa shape index (κ1) is 15.5. The van der Waals surface area contributed by atoms with E-state index >= 15 is 0 Å². The van der Waals surface area contributed by atoms with Crippen LogP contribution in [0.15, 0.2) is 29.3 Å². The SMILES string of the molecule is CCc1ccc(S(=O)(=O)NCc2cnn(C)c2C)cc1N. The highest BCUT2D eigenvalue weighted by Gasteiger charge is 2.16. The van der Waals surface area contributed by atoms with Crippen molar-refractivity contribution in [2.45, 2.75) is 31.7 Å². The molecule has 2 rings (SSSR count). The molecule has 0 unspecified atom stereocenters. The van der Waals surface area contributed by atoms with Gasteiger partial charge in [0, 0.05) is 30.5 Å². The van der Waals surface area contributed by atoms with Gasteiger partial charge in [-0.05, 0) is 31.0 Å². The van der Waals surface area contributed by atoms with Crippen LogP contribution in [0.2, 0.25) is 0 Å². The van der Waals surface area contributed by atoms with Crippen LogP contribution in [0, 0.1) is 6.92 Å². The topological polar surface area (TPSA) is 90.0 Å². The largest absolute Gasteiger partial charge is 0.398 e. The summed E-state index contributed by atoms with van der Waals surface area (Å²) in [4.78, 5) is 0.179. The maximum absolute atomic E-state index is 12.3. The van der Waals surface area contributed by atoms with Gasteiger partial charge in [0.15, 0.2) is 0 Å². The van der Waals surface area contributed by atoms with E-state index < -0.39 is 10.0 Å². The summed E-state index contributed by atoms with van der Waals surface area (Å²) in [5.74, 6) is 0. The van der Waals surface area contributed by atoms with Crippen LogP contribution in [0.25, 0.3) is 0 Å². The Morgan fingerprint density at radius 1 is 1.33 bits per heavy atom. The molecule has 114 valence electrons. The molecule has 2 aromatic rings. The standard InChI is InChI=1S/C14H20N4O2S/c1-4-11-5-6-13(7-14(11)15)21(19,20)17-9-12-8-16-18(3)10(12)2/h5-8,17H,4,9,15H2,1-3H3. The van der Waals surface area contributed by atoms with Crippen LogP contribution < -0.4 is 10.5 Å². The normalized spacial score (nSPS) is 11.8. The third-order valence-electron chi connectivity index (χ3n) is 3.60. The number of hydrogen-bond donors (Lipinski definition) is 2. The number of nitrogen functional groups attached to an aromatic ring is 1. The Morgan fingerprint density at radius 2 is 2.05 bits per heavy atom. The lowest BCUT2D eigenvalue weighted by Crippen LogP contribution is -2.23. The van der Waals surface area contributed by atoms with E-state index in [0.717, 1.165) is 23.2 Å². The third-order valence-corrected chi connectivity index (χ3v) is 5.00. The Balaban J connectivity index is 2.19. The van der Waals surface area contributed by atoms with Crippen LogP contribution in [0.5, 0.6) is 0 Å². The average molecular weight is 308 g/mol. The Bertz CT molecular complexity index is 750. The van der Waals surface area contributed by atoms with E-state index in [1.807, 2.05) is 20.9 Å². The molecule has 7 heteroatoms. The maximum atomic E-state index is 12.3. The van der Waals surface area contributed by atoms with Crippen LogP contribution in [0.4, 0.5) is 5.69 Å². The Morgan fingerprint density at radius 3 is 2.57 bits per heavy atom. The summed E-state index contributed by atoms with van der Waals surface area (Å²) in [5.41, 5.74) is 9.07. The van der Waals surface area contributed by atoms with E-state index in [1.165, 1.54) is 6.07 Å². The van der Waals surface area contributed by atoms with E-state index in [2.05, 4.69) is 9.82 Å². The van der Waals surface area contributed by atoms with Crippen molar-refractivity contribution in [3.8, 4) is 0 Å². The summed E-state index contributed by atoms with van der Waals surface area (Å²) in [6.07, 6.45) is 2.43. The Labute approximate surface area is 125 Å². The molecule has 0 saturated heterocycles. The molecule has 0 radical (unpaired) electrons. The molecule has 0 fully saturated rings. The van der Waals surface area contributed by atoms with Crippen LogP contribution in [-0.2, 0) is 30.0 Å². The number of aromatic nitrogens is 2. The minimum Gasteiger partial charge on any atom is -0.398 e. The minimum absolute atomic E-state index is 0.179. The van der Waals surface area contributed by atoms with Crippen LogP contribution in [-0.4, -0.2) is 18.2 Å². The van der Waals surface area contributed by atoms with Crippen molar-refractivity contribution in [1.82, 2.24) is 14.5 Å². The van der Waals surface area contributed by atoms with Gasteiger partial charge in [-0.1, -0.05) is 13.0 Å². The number of nitrogens with two attached hydrogens (primary N) is 1. The second-order valence-corrected chi connectivity index (χ2v) is 6.68. The van der Waals surface area contributed by atoms with Gasteiger partial charge >= 0.3 is 0 Å². The molecular formula is C14H20N4O2S. The number of anilines is 1. The van der Waals surface area contributed by atoms with Crippen molar-refractivity contribution < 1.29 is 8.42 Å². The first-order valence-electron chi connectivity index (χ1n) is 6.70. The van der Waals surface area contributed by atoms with E-state index in [0.29, 0.717) is 5.69 Å². The van der Waals surface area contributed by atoms with Crippen molar-refractivity contribution >= 4 is 15.7 Å². The van der Waals surface area contributed by atoms with Crippen LogP contribution in [0.3, 0.4) is 0 Å². The number of benzene rings is 1. The minimum atomic E-state index is -3.58. The number of sulfonamides is 1. The van der Waals surface area contributed by atoms with Crippen molar-refractivity contribution in [3.05, 3.63) is 41.2 Å². The molecule has 0 saturated carbocycles. The zero-order chi connectivity index (χ0) is 15.6. The number of rotatable bonds is 5. The molecule has 1 aromatic carbocycles. The van der Waals surface area contributed by atoms with Crippen LogP contribution in [0.1, 0.15) is 23.7 Å². The van der Waals surface area contributed by atoms with Gasteiger partial charge in [0.1, 0.15) is 0 Å². The lowest BCUT2D eigenvalue weighted by molar-refractivity contribution is 0.581. The predicted octanol–water partition coefficient (Wildman–Crippen LogP) is 1.35. The molecule has 1 heterocycles. The number of hydrogen-bond acceptors (Lipinski definition) is 4.